The minimum Gasteiger partial charge on any atom is -0.274 e. The Balaban J connectivity index is 2.54. The molecule has 0 N–H and O–H groups in total. The van der Waals surface area contributed by atoms with Crippen molar-refractivity contribution in [2.24, 2.45) is 0 Å². The van der Waals surface area contributed by atoms with Crippen LogP contribution in [0.5, 0.6) is 0 Å². The van der Waals surface area contributed by atoms with Gasteiger partial charge in [0, 0.05) is 7.05 Å². The van der Waals surface area contributed by atoms with E-state index in [2.05, 4.69) is 9.97 Å². The molecule has 5 heteroatoms. The average molecular weight is 231 g/mol. The Kier molecular flexibility index (Phi) is 3.01. The first-order valence-corrected chi connectivity index (χ1v) is 5.19. The van der Waals surface area contributed by atoms with Crippen LogP contribution >= 0.6 is 0 Å². The van der Waals surface area contributed by atoms with Crippen molar-refractivity contribution < 1.29 is 9.63 Å². The topological polar surface area (TPSA) is 55.3 Å². The van der Waals surface area contributed by atoms with Crippen LogP contribution in [-0.2, 0) is 4.84 Å². The van der Waals surface area contributed by atoms with E-state index in [0.717, 1.165) is 10.6 Å². The fourth-order valence-electron chi connectivity index (χ4n) is 1.52. The van der Waals surface area contributed by atoms with E-state index in [9.17, 15) is 4.79 Å². The van der Waals surface area contributed by atoms with Crippen molar-refractivity contribution in [3.8, 4) is 0 Å². The van der Waals surface area contributed by atoms with Crippen molar-refractivity contribution in [2.75, 3.05) is 14.2 Å². The van der Waals surface area contributed by atoms with Gasteiger partial charge >= 0.3 is 0 Å². The number of hydroxylamine groups is 2. The standard InChI is InChI=1S/C12H13N3O2/c1-8-11(12(16)15(2)17-3)14-10-7-5-4-6-9(10)13-8/h4-7H,1-3H3. The predicted octanol–water partition coefficient (Wildman–Crippen LogP) is 1.57. The summed E-state index contributed by atoms with van der Waals surface area (Å²) >= 11 is 0. The number of aromatic nitrogens is 2. The Hall–Kier alpha value is -2.01. The number of rotatable bonds is 2. The van der Waals surface area contributed by atoms with E-state index in [1.165, 1.54) is 7.11 Å². The Labute approximate surface area is 99.0 Å². The number of para-hydroxylation sites is 2. The summed E-state index contributed by atoms with van der Waals surface area (Å²) in [5.41, 5.74) is 2.39. The lowest BCUT2D eigenvalue weighted by Crippen LogP contribution is -2.27. The fraction of sp³-hybridized carbons (Fsp3) is 0.250. The van der Waals surface area contributed by atoms with E-state index in [0.29, 0.717) is 16.9 Å². The Morgan fingerprint density at radius 3 is 2.41 bits per heavy atom. The van der Waals surface area contributed by atoms with Gasteiger partial charge in [-0.05, 0) is 19.1 Å². The molecule has 1 aromatic heterocycles. The maximum absolute atomic E-state index is 11.9. The van der Waals surface area contributed by atoms with Crippen LogP contribution in [0.1, 0.15) is 16.2 Å². The molecule has 0 radical (unpaired) electrons. The number of carbonyl (C=O) groups is 1. The van der Waals surface area contributed by atoms with Crippen molar-refractivity contribution in [3.63, 3.8) is 0 Å². The SMILES string of the molecule is CON(C)C(=O)c1nc2ccccc2nc1C. The van der Waals surface area contributed by atoms with Crippen LogP contribution in [0.4, 0.5) is 0 Å². The molecule has 5 nitrogen and oxygen atoms in total. The Morgan fingerprint density at radius 1 is 1.24 bits per heavy atom. The van der Waals surface area contributed by atoms with Gasteiger partial charge in [0.15, 0.2) is 5.69 Å². The first-order chi connectivity index (χ1) is 8.13. The number of aryl methyl sites for hydroxylation is 1. The Bertz CT molecular complexity index is 569. The van der Waals surface area contributed by atoms with Crippen LogP contribution in [0.2, 0.25) is 0 Å². The summed E-state index contributed by atoms with van der Waals surface area (Å²) in [4.78, 5) is 25.4. The smallest absolute Gasteiger partial charge is 0.274 e. The molecule has 0 bridgehead atoms. The highest BCUT2D eigenvalue weighted by Crippen LogP contribution is 2.13. The minimum atomic E-state index is -0.303. The van der Waals surface area contributed by atoms with Gasteiger partial charge in [-0.25, -0.2) is 15.0 Å². The summed E-state index contributed by atoms with van der Waals surface area (Å²) in [6, 6.07) is 7.44. The molecule has 0 saturated heterocycles. The second-order valence-corrected chi connectivity index (χ2v) is 3.63. The van der Waals surface area contributed by atoms with E-state index in [-0.39, 0.29) is 5.91 Å². The average Bonchev–Trinajstić information content (AvgIpc) is 2.36. The Morgan fingerprint density at radius 2 is 1.82 bits per heavy atom. The second-order valence-electron chi connectivity index (χ2n) is 3.63. The zero-order valence-electron chi connectivity index (χ0n) is 9.97. The minimum absolute atomic E-state index is 0.303. The molecule has 1 aromatic carbocycles. The molecule has 0 aliphatic rings. The molecule has 2 aromatic rings. The number of benzene rings is 1. The van der Waals surface area contributed by atoms with Gasteiger partial charge in [0.2, 0.25) is 0 Å². The number of nitrogens with zero attached hydrogens (tertiary/aromatic N) is 3. The largest absolute Gasteiger partial charge is 0.297 e. The number of hydrogen-bond donors (Lipinski definition) is 0. The molecule has 0 unspecified atom stereocenters. The molecule has 0 aliphatic heterocycles. The van der Waals surface area contributed by atoms with Crippen molar-refractivity contribution >= 4 is 16.9 Å². The lowest BCUT2D eigenvalue weighted by Gasteiger charge is -2.14. The molecule has 0 aliphatic carbocycles. The zero-order valence-corrected chi connectivity index (χ0v) is 9.97. The van der Waals surface area contributed by atoms with Crippen LogP contribution in [0.15, 0.2) is 24.3 Å². The summed E-state index contributed by atoms with van der Waals surface area (Å²) < 4.78 is 0. The lowest BCUT2D eigenvalue weighted by atomic mass is 10.2. The first-order valence-electron chi connectivity index (χ1n) is 5.19. The van der Waals surface area contributed by atoms with E-state index < -0.39 is 0 Å². The zero-order chi connectivity index (χ0) is 12.4. The van der Waals surface area contributed by atoms with Crippen LogP contribution in [0.25, 0.3) is 11.0 Å². The maximum atomic E-state index is 11.9. The number of fused-ring (bicyclic) bond motifs is 1. The molecule has 1 heterocycles. The third kappa shape index (κ3) is 2.09. The van der Waals surface area contributed by atoms with Crippen molar-refractivity contribution in [1.29, 1.82) is 0 Å². The quantitative estimate of drug-likeness (QED) is 0.736. The van der Waals surface area contributed by atoms with Crippen LogP contribution in [0, 0.1) is 6.92 Å². The highest BCUT2D eigenvalue weighted by molar-refractivity contribution is 5.94. The summed E-state index contributed by atoms with van der Waals surface area (Å²) in [5.74, 6) is -0.303. The number of carbonyl (C=O) groups excluding carboxylic acids is 1. The summed E-state index contributed by atoms with van der Waals surface area (Å²) in [7, 11) is 2.97. The summed E-state index contributed by atoms with van der Waals surface area (Å²) in [5, 5.41) is 1.13. The molecule has 0 spiro atoms. The van der Waals surface area contributed by atoms with Gasteiger partial charge in [-0.1, -0.05) is 12.1 Å². The predicted molar refractivity (Wildman–Crippen MR) is 63.4 cm³/mol. The third-order valence-corrected chi connectivity index (χ3v) is 2.51. The molecule has 1 amide bonds. The van der Waals surface area contributed by atoms with Crippen molar-refractivity contribution in [1.82, 2.24) is 15.0 Å². The maximum Gasteiger partial charge on any atom is 0.297 e. The van der Waals surface area contributed by atoms with Gasteiger partial charge in [0.05, 0.1) is 23.8 Å². The fourth-order valence-corrected chi connectivity index (χ4v) is 1.52. The number of hydrogen-bond acceptors (Lipinski definition) is 4. The first kappa shape index (κ1) is 11.5. The molecule has 0 atom stereocenters. The second kappa shape index (κ2) is 4.47. The monoisotopic (exact) mass is 231 g/mol. The molecule has 0 saturated carbocycles. The van der Waals surface area contributed by atoms with E-state index in [1.807, 2.05) is 24.3 Å². The highest BCUT2D eigenvalue weighted by atomic mass is 16.7. The van der Waals surface area contributed by atoms with E-state index in [1.54, 1.807) is 14.0 Å². The molecule has 17 heavy (non-hydrogen) atoms. The highest BCUT2D eigenvalue weighted by Gasteiger charge is 2.17. The van der Waals surface area contributed by atoms with Gasteiger partial charge < -0.3 is 0 Å². The normalized spacial score (nSPS) is 10.5. The van der Waals surface area contributed by atoms with Gasteiger partial charge in [0.1, 0.15) is 0 Å². The molecule has 0 fully saturated rings. The molecule has 2 rings (SSSR count). The van der Waals surface area contributed by atoms with E-state index in [4.69, 9.17) is 4.84 Å². The molecule has 88 valence electrons. The third-order valence-electron chi connectivity index (χ3n) is 2.51. The lowest BCUT2D eigenvalue weighted by molar-refractivity contribution is -0.0761. The van der Waals surface area contributed by atoms with Gasteiger partial charge in [-0.2, -0.15) is 0 Å². The van der Waals surface area contributed by atoms with Crippen molar-refractivity contribution in [3.05, 3.63) is 35.7 Å². The van der Waals surface area contributed by atoms with Crippen molar-refractivity contribution in [2.45, 2.75) is 6.92 Å². The van der Waals surface area contributed by atoms with E-state index >= 15 is 0 Å². The van der Waals surface area contributed by atoms with Gasteiger partial charge in [-0.15, -0.1) is 0 Å². The van der Waals surface area contributed by atoms with Gasteiger partial charge in [-0.3, -0.25) is 9.63 Å². The van der Waals surface area contributed by atoms with Crippen LogP contribution in [-0.4, -0.2) is 35.1 Å². The summed E-state index contributed by atoms with van der Waals surface area (Å²) in [6.07, 6.45) is 0. The number of amides is 1. The molecular formula is C12H13N3O2. The van der Waals surface area contributed by atoms with Crippen LogP contribution < -0.4 is 0 Å². The van der Waals surface area contributed by atoms with Crippen LogP contribution in [0.3, 0.4) is 0 Å². The van der Waals surface area contributed by atoms with Gasteiger partial charge in [0.25, 0.3) is 5.91 Å². The molecular weight excluding hydrogens is 218 g/mol. The summed E-state index contributed by atoms with van der Waals surface area (Å²) in [6.45, 7) is 1.76.